The number of ether oxygens (including phenoxy) is 2. The summed E-state index contributed by atoms with van der Waals surface area (Å²) in [6.45, 7) is 4.98. The molecule has 7 nitrogen and oxygen atoms in total. The number of nitrogens with one attached hydrogen (secondary N) is 1. The highest BCUT2D eigenvalue weighted by molar-refractivity contribution is 7.99. The van der Waals surface area contributed by atoms with Crippen molar-refractivity contribution >= 4 is 17.7 Å². The van der Waals surface area contributed by atoms with E-state index in [4.69, 9.17) is 9.47 Å². The molecule has 2 aromatic rings. The van der Waals surface area contributed by atoms with Crippen molar-refractivity contribution in [2.75, 3.05) is 26.0 Å². The van der Waals surface area contributed by atoms with Crippen molar-refractivity contribution in [3.8, 4) is 11.5 Å². The summed E-state index contributed by atoms with van der Waals surface area (Å²) in [6.07, 6.45) is -0.176. The Morgan fingerprint density at radius 2 is 2.16 bits per heavy atom. The molecule has 25 heavy (non-hydrogen) atoms. The number of fused-ring (bicyclic) bond motifs is 1. The van der Waals surface area contributed by atoms with Crippen LogP contribution in [0.3, 0.4) is 0 Å². The second kappa shape index (κ2) is 7.77. The fourth-order valence-electron chi connectivity index (χ4n) is 2.38. The van der Waals surface area contributed by atoms with Gasteiger partial charge in [0, 0.05) is 13.0 Å². The lowest BCUT2D eigenvalue weighted by molar-refractivity contribution is -0.128. The minimum absolute atomic E-state index is 0.00311. The van der Waals surface area contributed by atoms with Crippen molar-refractivity contribution in [2.24, 2.45) is 0 Å². The van der Waals surface area contributed by atoms with Gasteiger partial charge in [0.1, 0.15) is 12.4 Å². The van der Waals surface area contributed by atoms with Crippen molar-refractivity contribution in [1.29, 1.82) is 0 Å². The van der Waals surface area contributed by atoms with Crippen molar-refractivity contribution in [3.05, 3.63) is 30.1 Å². The van der Waals surface area contributed by atoms with E-state index in [0.29, 0.717) is 18.3 Å². The Bertz CT molecular complexity index is 734. The maximum atomic E-state index is 12.3. The number of aromatic nitrogens is 3. The number of rotatable bonds is 6. The molecular weight excluding hydrogens is 340 g/mol. The van der Waals surface area contributed by atoms with Crippen LogP contribution < -0.4 is 9.47 Å². The number of carbonyl (C=O) groups excluding carboxylic acids is 1. The number of para-hydroxylation sites is 2. The number of likely N-dealkylation sites (N-methyl/N-ethyl adjacent to an activating group) is 1. The highest BCUT2D eigenvalue weighted by Gasteiger charge is 2.23. The first-order valence-electron chi connectivity index (χ1n) is 8.20. The summed E-state index contributed by atoms with van der Waals surface area (Å²) in [5.41, 5.74) is 0. The molecule has 0 unspecified atom stereocenters. The molecule has 0 fully saturated rings. The van der Waals surface area contributed by atoms with Crippen LogP contribution in [0.4, 0.5) is 0 Å². The van der Waals surface area contributed by atoms with Crippen molar-refractivity contribution in [1.82, 2.24) is 20.1 Å². The lowest BCUT2D eigenvalue weighted by Gasteiger charge is -2.29. The molecule has 0 spiro atoms. The predicted octanol–water partition coefficient (Wildman–Crippen LogP) is 2.32. The fourth-order valence-corrected chi connectivity index (χ4v) is 3.12. The Hall–Kier alpha value is -2.22. The van der Waals surface area contributed by atoms with E-state index in [2.05, 4.69) is 15.2 Å². The fraction of sp³-hybridized carbons (Fsp3) is 0.471. The molecule has 0 radical (unpaired) electrons. The zero-order chi connectivity index (χ0) is 17.8. The number of hydrogen-bond donors (Lipinski definition) is 1. The summed E-state index contributed by atoms with van der Waals surface area (Å²) in [7, 11) is 1.77. The summed E-state index contributed by atoms with van der Waals surface area (Å²) < 4.78 is 11.6. The second-order valence-corrected chi connectivity index (χ2v) is 7.16. The van der Waals surface area contributed by atoms with Gasteiger partial charge in [-0.15, -0.1) is 5.10 Å². The lowest BCUT2D eigenvalue weighted by Crippen LogP contribution is -2.42. The smallest absolute Gasteiger partial charge is 0.232 e. The van der Waals surface area contributed by atoms with Crippen LogP contribution in [0.2, 0.25) is 0 Å². The minimum atomic E-state index is -0.176. The van der Waals surface area contributed by atoms with E-state index in [-0.39, 0.29) is 23.7 Å². The van der Waals surface area contributed by atoms with E-state index in [1.807, 2.05) is 38.1 Å². The van der Waals surface area contributed by atoms with Gasteiger partial charge in [0.05, 0.1) is 12.3 Å². The number of amides is 1. The molecule has 1 aliphatic rings. The molecule has 0 saturated heterocycles. The number of H-pyrrole nitrogens is 1. The highest BCUT2D eigenvalue weighted by Crippen LogP contribution is 2.31. The van der Waals surface area contributed by atoms with E-state index >= 15 is 0 Å². The average Bonchev–Trinajstić information content (AvgIpc) is 3.09. The summed E-state index contributed by atoms with van der Waals surface area (Å²) in [4.78, 5) is 18.3. The maximum Gasteiger partial charge on any atom is 0.232 e. The van der Waals surface area contributed by atoms with E-state index in [1.54, 1.807) is 11.9 Å². The zero-order valence-corrected chi connectivity index (χ0v) is 15.4. The molecule has 3 rings (SSSR count). The molecule has 1 N–H and O–H groups in total. The van der Waals surface area contributed by atoms with Crippen molar-refractivity contribution < 1.29 is 14.3 Å². The van der Waals surface area contributed by atoms with Gasteiger partial charge in [-0.2, -0.15) is 0 Å². The number of thioether (sulfide) groups is 1. The van der Waals surface area contributed by atoms with Gasteiger partial charge in [-0.1, -0.05) is 37.7 Å². The van der Waals surface area contributed by atoms with Crippen LogP contribution >= 0.6 is 11.8 Å². The largest absolute Gasteiger partial charge is 0.486 e. The van der Waals surface area contributed by atoms with Gasteiger partial charge in [-0.25, -0.2) is 4.98 Å². The quantitative estimate of drug-likeness (QED) is 0.795. The Kier molecular flexibility index (Phi) is 5.47. The molecule has 2 heterocycles. The van der Waals surface area contributed by atoms with Crippen LogP contribution in [0, 0.1) is 0 Å². The molecule has 1 aliphatic heterocycles. The highest BCUT2D eigenvalue weighted by atomic mass is 32.2. The van der Waals surface area contributed by atoms with Crippen molar-refractivity contribution in [2.45, 2.75) is 31.0 Å². The first-order chi connectivity index (χ1) is 12.0. The molecule has 0 aliphatic carbocycles. The molecule has 134 valence electrons. The molecule has 0 saturated carbocycles. The third-order valence-corrected chi connectivity index (χ3v) is 4.66. The molecule has 1 atom stereocenters. The van der Waals surface area contributed by atoms with Gasteiger partial charge >= 0.3 is 0 Å². The van der Waals surface area contributed by atoms with Gasteiger partial charge in [0.25, 0.3) is 0 Å². The van der Waals surface area contributed by atoms with E-state index in [0.717, 1.165) is 17.3 Å². The topological polar surface area (TPSA) is 80.3 Å². The van der Waals surface area contributed by atoms with Crippen molar-refractivity contribution in [3.63, 3.8) is 0 Å². The Morgan fingerprint density at radius 3 is 2.88 bits per heavy atom. The standard InChI is InChI=1S/C17H22N4O3S/c1-11(2)16-18-17(20-19-16)25-10-15(22)21(3)8-12-9-23-13-6-4-5-7-14(13)24-12/h4-7,11-12H,8-10H2,1-3H3,(H,18,19,20)/t12-/m1/s1. The Balaban J connectivity index is 1.48. The first-order valence-corrected chi connectivity index (χ1v) is 9.19. The first kappa shape index (κ1) is 17.6. The minimum Gasteiger partial charge on any atom is -0.486 e. The van der Waals surface area contributed by atoms with Gasteiger partial charge in [0.15, 0.2) is 17.6 Å². The van der Waals surface area contributed by atoms with Gasteiger partial charge in [0.2, 0.25) is 11.1 Å². The molecule has 8 heteroatoms. The molecule has 1 aromatic heterocycles. The van der Waals surface area contributed by atoms with Crippen LogP contribution in [-0.4, -0.2) is 58.0 Å². The monoisotopic (exact) mass is 362 g/mol. The molecule has 1 aromatic carbocycles. The van der Waals surface area contributed by atoms with Gasteiger partial charge < -0.3 is 14.4 Å². The maximum absolute atomic E-state index is 12.3. The Labute approximate surface area is 151 Å². The van der Waals surface area contributed by atoms with Crippen LogP contribution in [0.5, 0.6) is 11.5 Å². The third-order valence-electron chi connectivity index (χ3n) is 3.82. The number of carbonyl (C=O) groups is 1. The molecule has 1 amide bonds. The number of hydrogen-bond acceptors (Lipinski definition) is 6. The van der Waals surface area contributed by atoms with E-state index in [9.17, 15) is 4.79 Å². The number of nitrogens with zero attached hydrogens (tertiary/aromatic N) is 3. The van der Waals surface area contributed by atoms with E-state index < -0.39 is 0 Å². The van der Waals surface area contributed by atoms with Crippen LogP contribution in [0.1, 0.15) is 25.6 Å². The van der Waals surface area contributed by atoms with E-state index in [1.165, 1.54) is 11.8 Å². The molecule has 0 bridgehead atoms. The summed E-state index contributed by atoms with van der Waals surface area (Å²) >= 11 is 1.33. The summed E-state index contributed by atoms with van der Waals surface area (Å²) in [5, 5.41) is 7.60. The van der Waals surface area contributed by atoms with Crippen LogP contribution in [0.15, 0.2) is 29.4 Å². The third kappa shape index (κ3) is 4.45. The van der Waals surface area contributed by atoms with Gasteiger partial charge in [-0.3, -0.25) is 9.89 Å². The number of benzene rings is 1. The lowest BCUT2D eigenvalue weighted by atomic mass is 10.2. The Morgan fingerprint density at radius 1 is 1.40 bits per heavy atom. The SMILES string of the molecule is CC(C)c1nc(SCC(=O)N(C)C[C@@H]2COc3ccccc3O2)n[nH]1. The summed E-state index contributed by atoms with van der Waals surface area (Å²) in [6, 6.07) is 7.55. The van der Waals surface area contributed by atoms with Crippen LogP contribution in [-0.2, 0) is 4.79 Å². The zero-order valence-electron chi connectivity index (χ0n) is 14.6. The normalized spacial score (nSPS) is 16.1. The number of aromatic amines is 1. The average molecular weight is 362 g/mol. The summed E-state index contributed by atoms with van der Waals surface area (Å²) in [5.74, 6) is 2.87. The predicted molar refractivity (Wildman–Crippen MR) is 95.2 cm³/mol. The van der Waals surface area contributed by atoms with Gasteiger partial charge in [-0.05, 0) is 12.1 Å². The molecular formula is C17H22N4O3S. The second-order valence-electron chi connectivity index (χ2n) is 6.22. The van der Waals surface area contributed by atoms with Crippen LogP contribution in [0.25, 0.3) is 0 Å².